The molecule has 3 atom stereocenters. The van der Waals surface area contributed by atoms with Gasteiger partial charge in [0.25, 0.3) is 17.7 Å². The number of oxazole rings is 3. The summed E-state index contributed by atoms with van der Waals surface area (Å²) in [6.07, 6.45) is 5.87. The summed E-state index contributed by atoms with van der Waals surface area (Å²) in [6.45, 7) is 20.8. The Bertz CT molecular complexity index is 2980. The number of primary amides is 3. The molecule has 4 aliphatic rings. The van der Waals surface area contributed by atoms with Crippen molar-refractivity contribution in [1.29, 1.82) is 0 Å². The fourth-order valence-electron chi connectivity index (χ4n) is 8.86. The van der Waals surface area contributed by atoms with Crippen LogP contribution in [0.4, 0.5) is 4.79 Å². The zero-order chi connectivity index (χ0) is 54.7. The van der Waals surface area contributed by atoms with Gasteiger partial charge in [-0.3, -0.25) is 19.2 Å². The molecule has 19 nitrogen and oxygen atoms in total. The highest BCUT2D eigenvalue weighted by Gasteiger charge is 2.35. The Hall–Kier alpha value is -7.61. The number of aromatic nitrogens is 3. The monoisotopic (exact) mass is 1110 g/mol. The zero-order valence-corrected chi connectivity index (χ0v) is 45.4. The number of carbonyl (C=O) groups excluding carboxylic acids is 5. The Kier molecular flexibility index (Phi) is 23.3. The maximum absolute atomic E-state index is 12.3. The zero-order valence-electron chi connectivity index (χ0n) is 44.6. The molecule has 4 aliphatic heterocycles. The van der Waals surface area contributed by atoms with Gasteiger partial charge in [0.05, 0.1) is 11.8 Å². The molecule has 7 heterocycles. The summed E-state index contributed by atoms with van der Waals surface area (Å²) in [5, 5.41) is 3.26. The number of nitrogens with zero attached hydrogens (tertiary/aromatic N) is 5. The Morgan fingerprint density at radius 3 is 1.29 bits per heavy atom. The van der Waals surface area contributed by atoms with E-state index in [9.17, 15) is 24.0 Å². The SMILES string of the molecule is C.C.C1CCOC1.C=CC(=O)N1CCC(c2nc(C(N)=O)c(-c3ccc(C)cc3)o2)C1.Cc1ccc(-c2oc(C3CCN(C(=O)OC(C)(C)C)C3)nc2C(N)=O)cc1.Cc1ccc(-c2oc(C3CCNC3)nc2C(N)=O)cc1.Cl. The molecule has 4 saturated heterocycles. The molecule has 6 aromatic rings. The number of benzene rings is 3. The van der Waals surface area contributed by atoms with Gasteiger partial charge in [-0.2, -0.15) is 0 Å². The van der Waals surface area contributed by atoms with E-state index in [1.54, 1.807) is 9.80 Å². The summed E-state index contributed by atoms with van der Waals surface area (Å²) in [4.78, 5) is 75.4. The molecule has 20 heteroatoms. The van der Waals surface area contributed by atoms with E-state index in [2.05, 4.69) is 26.8 Å². The number of carbonyl (C=O) groups is 5. The number of halogens is 1. The lowest BCUT2D eigenvalue weighted by molar-refractivity contribution is -0.125. The summed E-state index contributed by atoms with van der Waals surface area (Å²) >= 11 is 0. The third kappa shape index (κ3) is 16.9. The summed E-state index contributed by atoms with van der Waals surface area (Å²) in [5.41, 5.74) is 22.0. The van der Waals surface area contributed by atoms with Gasteiger partial charge in [0.15, 0.2) is 40.3 Å². The fraction of sp³-hybridized carbons (Fsp3) is 0.424. The Balaban J connectivity index is 0.000000241. The van der Waals surface area contributed by atoms with Crippen LogP contribution in [0.2, 0.25) is 0 Å². The third-order valence-electron chi connectivity index (χ3n) is 13.0. The third-order valence-corrected chi connectivity index (χ3v) is 13.0. The molecule has 7 N–H and O–H groups in total. The summed E-state index contributed by atoms with van der Waals surface area (Å²) in [6, 6.07) is 23.0. The van der Waals surface area contributed by atoms with E-state index in [0.717, 1.165) is 72.5 Å². The number of hydrogen-bond donors (Lipinski definition) is 4. The lowest BCUT2D eigenvalue weighted by Gasteiger charge is -2.24. The molecule has 0 saturated carbocycles. The standard InChI is InChI=1S/C20H25N3O4.C18H19N3O3.C15H17N3O2.C4H8O.2CH4.ClH/c1-12-5-7-13(8-6-12)16-15(17(21)24)22-18(26-16)14-9-10-23(11-14)19(25)27-20(2,3)4;1-3-14(22)21-9-8-13(10-21)18-20-15(17(19)23)16(24-18)12-6-4-11(2)5-7-12;1-9-2-4-10(5-3-9)13-12(14(16)19)18-15(20-13)11-6-7-17-8-11;1-2-4-5-3-1;;;/h5-8,14H,9-11H2,1-4H3,(H2,21,24);3-7,13H,1,8-10H2,2H3,(H2,19,23);2-5,11,17H,6-8H2,1H3,(H2,16,19);1-4H2;2*1H4;1H. The van der Waals surface area contributed by atoms with Gasteiger partial charge >= 0.3 is 6.09 Å². The first kappa shape index (κ1) is 63.9. The first-order valence-electron chi connectivity index (χ1n) is 25.6. The minimum Gasteiger partial charge on any atom is -0.444 e. The Morgan fingerprint density at radius 1 is 0.608 bits per heavy atom. The average molecular weight is 1110 g/mol. The summed E-state index contributed by atoms with van der Waals surface area (Å²) in [5.74, 6) is 0.815. The number of likely N-dealkylation sites (tertiary alicyclic amines) is 2. The molecule has 79 heavy (non-hydrogen) atoms. The van der Waals surface area contributed by atoms with E-state index < -0.39 is 23.3 Å². The number of amides is 5. The minimum atomic E-state index is -0.637. The molecule has 0 bridgehead atoms. The average Bonchev–Trinajstić information content (AvgIpc) is 4.29. The highest BCUT2D eigenvalue weighted by Crippen LogP contribution is 2.35. The van der Waals surface area contributed by atoms with Crippen LogP contribution in [0, 0.1) is 20.8 Å². The highest BCUT2D eigenvalue weighted by molar-refractivity contribution is 5.98. The van der Waals surface area contributed by atoms with Crippen LogP contribution in [0.5, 0.6) is 0 Å². The van der Waals surface area contributed by atoms with Crippen LogP contribution in [0.1, 0.15) is 151 Å². The van der Waals surface area contributed by atoms with Gasteiger partial charge in [-0.25, -0.2) is 19.7 Å². The maximum atomic E-state index is 12.3. The van der Waals surface area contributed by atoms with E-state index in [0.29, 0.717) is 67.6 Å². The van der Waals surface area contributed by atoms with Crippen molar-refractivity contribution >= 4 is 42.1 Å². The van der Waals surface area contributed by atoms with Crippen molar-refractivity contribution in [2.45, 2.75) is 112 Å². The number of aryl methyl sites for hydroxylation is 3. The first-order chi connectivity index (χ1) is 36.3. The second-order valence-corrected chi connectivity index (χ2v) is 20.3. The topological polar surface area (TPSA) is 278 Å². The van der Waals surface area contributed by atoms with Crippen LogP contribution in [-0.2, 0) is 14.3 Å². The lowest BCUT2D eigenvalue weighted by atomic mass is 10.1. The maximum Gasteiger partial charge on any atom is 0.410 e. The van der Waals surface area contributed by atoms with Crippen molar-refractivity contribution in [3.05, 3.63) is 137 Å². The molecular weight excluding hydrogens is 1030 g/mol. The molecular formula is C59H78ClN9O10. The molecule has 3 unspecified atom stereocenters. The first-order valence-corrected chi connectivity index (χ1v) is 25.6. The van der Waals surface area contributed by atoms with Gasteiger partial charge in [-0.05, 0) is 86.3 Å². The predicted molar refractivity (Wildman–Crippen MR) is 306 cm³/mol. The lowest BCUT2D eigenvalue weighted by Crippen LogP contribution is -2.35. The molecule has 5 amide bonds. The van der Waals surface area contributed by atoms with Crippen molar-refractivity contribution in [3.63, 3.8) is 0 Å². The van der Waals surface area contributed by atoms with Gasteiger partial charge < -0.3 is 55.0 Å². The molecule has 10 rings (SSSR count). The van der Waals surface area contributed by atoms with Gasteiger partial charge in [0.1, 0.15) is 5.60 Å². The second-order valence-electron chi connectivity index (χ2n) is 20.3. The van der Waals surface area contributed by atoms with Crippen molar-refractivity contribution in [2.75, 3.05) is 52.5 Å². The van der Waals surface area contributed by atoms with E-state index in [-0.39, 0.29) is 74.1 Å². The number of nitrogens with one attached hydrogen (secondary N) is 1. The number of ether oxygens (including phenoxy) is 2. The van der Waals surface area contributed by atoms with Gasteiger partial charge in [-0.15, -0.1) is 12.4 Å². The fourth-order valence-corrected chi connectivity index (χ4v) is 8.86. The van der Waals surface area contributed by atoms with Crippen LogP contribution in [-0.4, -0.2) is 113 Å². The quantitative estimate of drug-likeness (QED) is 0.0929. The second kappa shape index (κ2) is 28.8. The molecule has 426 valence electrons. The van der Waals surface area contributed by atoms with Gasteiger partial charge in [0, 0.05) is 68.5 Å². The molecule has 4 fully saturated rings. The van der Waals surface area contributed by atoms with Crippen molar-refractivity contribution in [2.24, 2.45) is 17.2 Å². The predicted octanol–water partition coefficient (Wildman–Crippen LogP) is 10.0. The molecule has 0 spiro atoms. The van der Waals surface area contributed by atoms with E-state index >= 15 is 0 Å². The van der Waals surface area contributed by atoms with Crippen LogP contribution in [0.15, 0.2) is 98.7 Å². The van der Waals surface area contributed by atoms with Crippen molar-refractivity contribution < 1.29 is 46.7 Å². The normalized spacial score (nSPS) is 17.2. The molecule has 3 aromatic heterocycles. The van der Waals surface area contributed by atoms with Crippen LogP contribution in [0.3, 0.4) is 0 Å². The van der Waals surface area contributed by atoms with Crippen LogP contribution >= 0.6 is 12.4 Å². The summed E-state index contributed by atoms with van der Waals surface area (Å²) in [7, 11) is 0. The number of rotatable bonds is 10. The van der Waals surface area contributed by atoms with Crippen molar-refractivity contribution in [3.8, 4) is 34.0 Å². The van der Waals surface area contributed by atoms with E-state index in [1.807, 2.05) is 114 Å². The Morgan fingerprint density at radius 2 is 0.975 bits per heavy atom. The van der Waals surface area contributed by atoms with Gasteiger partial charge in [-0.1, -0.05) is 111 Å². The Labute approximate surface area is 469 Å². The van der Waals surface area contributed by atoms with Crippen LogP contribution in [0.25, 0.3) is 34.0 Å². The van der Waals surface area contributed by atoms with Crippen LogP contribution < -0.4 is 22.5 Å². The van der Waals surface area contributed by atoms with E-state index in [1.165, 1.54) is 18.9 Å². The molecule has 3 aromatic carbocycles. The highest BCUT2D eigenvalue weighted by atomic mass is 35.5. The minimum absolute atomic E-state index is 0. The smallest absolute Gasteiger partial charge is 0.410 e. The van der Waals surface area contributed by atoms with Gasteiger partial charge in [0.2, 0.25) is 17.7 Å². The van der Waals surface area contributed by atoms with Crippen molar-refractivity contribution in [1.82, 2.24) is 30.1 Å². The largest absolute Gasteiger partial charge is 0.444 e. The summed E-state index contributed by atoms with van der Waals surface area (Å²) < 4.78 is 28.0. The molecule has 0 radical (unpaired) electrons. The molecule has 0 aliphatic carbocycles. The number of hydrogen-bond acceptors (Lipinski definition) is 14. The van der Waals surface area contributed by atoms with E-state index in [4.69, 9.17) is 39.9 Å². The number of nitrogens with two attached hydrogens (primary N) is 3.